The first-order valence-corrected chi connectivity index (χ1v) is 4.28. The van der Waals surface area contributed by atoms with E-state index in [4.69, 9.17) is 16.9 Å². The lowest BCUT2D eigenvalue weighted by Gasteiger charge is -1.91. The molecule has 0 radical (unpaired) electrons. The molecule has 0 atom stereocenters. The number of aryl methyl sites for hydroxylation is 1. The number of nitriles is 1. The Morgan fingerprint density at radius 3 is 2.92 bits per heavy atom. The quantitative estimate of drug-likeness (QED) is 0.682. The van der Waals surface area contributed by atoms with Crippen molar-refractivity contribution in [2.24, 2.45) is 0 Å². The van der Waals surface area contributed by atoms with E-state index in [0.29, 0.717) is 10.7 Å². The minimum atomic E-state index is 0.420. The number of aromatic nitrogens is 1. The number of halogens is 1. The van der Waals surface area contributed by atoms with E-state index in [2.05, 4.69) is 11.1 Å². The van der Waals surface area contributed by atoms with Crippen molar-refractivity contribution in [3.63, 3.8) is 0 Å². The van der Waals surface area contributed by atoms with E-state index in [1.807, 2.05) is 25.1 Å². The minimum Gasteiger partial charge on any atom is -0.344 e. The summed E-state index contributed by atoms with van der Waals surface area (Å²) >= 11 is 5.84. The summed E-state index contributed by atoms with van der Waals surface area (Å²) in [7, 11) is 0. The SMILES string of the molecule is Cc1ccc2c(C#N)c(Cl)[nH]c2c1. The smallest absolute Gasteiger partial charge is 0.125 e. The Balaban J connectivity index is 2.88. The standard InChI is InChI=1S/C10H7ClN2/c1-6-2-3-7-8(5-12)10(11)13-9(7)4-6/h2-4,13H,1H3. The van der Waals surface area contributed by atoms with Gasteiger partial charge >= 0.3 is 0 Å². The van der Waals surface area contributed by atoms with Crippen LogP contribution in [0.2, 0.25) is 5.15 Å². The maximum Gasteiger partial charge on any atom is 0.125 e. The van der Waals surface area contributed by atoms with Gasteiger partial charge in [-0.2, -0.15) is 5.26 Å². The number of hydrogen-bond donors (Lipinski definition) is 1. The highest BCUT2D eigenvalue weighted by Crippen LogP contribution is 2.25. The first-order valence-electron chi connectivity index (χ1n) is 3.90. The third-order valence-corrected chi connectivity index (χ3v) is 2.30. The molecule has 0 spiro atoms. The van der Waals surface area contributed by atoms with E-state index < -0.39 is 0 Å². The molecule has 3 heteroatoms. The predicted molar refractivity (Wildman–Crippen MR) is 52.8 cm³/mol. The van der Waals surface area contributed by atoms with Crippen LogP contribution >= 0.6 is 11.6 Å². The molecule has 2 nitrogen and oxygen atoms in total. The highest BCUT2D eigenvalue weighted by Gasteiger charge is 2.08. The Bertz CT molecular complexity index is 505. The number of rotatable bonds is 0. The summed E-state index contributed by atoms with van der Waals surface area (Å²) in [6.45, 7) is 2.00. The van der Waals surface area contributed by atoms with Gasteiger partial charge in [0.2, 0.25) is 0 Å². The van der Waals surface area contributed by atoms with Gasteiger partial charge in [0, 0.05) is 10.9 Å². The van der Waals surface area contributed by atoms with Crippen molar-refractivity contribution in [1.29, 1.82) is 5.26 Å². The zero-order chi connectivity index (χ0) is 9.42. The van der Waals surface area contributed by atoms with Crippen molar-refractivity contribution in [3.05, 3.63) is 34.5 Å². The van der Waals surface area contributed by atoms with Crippen LogP contribution in [0.3, 0.4) is 0 Å². The molecule has 0 aliphatic rings. The predicted octanol–water partition coefficient (Wildman–Crippen LogP) is 3.00. The number of nitrogens with one attached hydrogen (secondary N) is 1. The van der Waals surface area contributed by atoms with E-state index in [0.717, 1.165) is 16.5 Å². The second-order valence-electron chi connectivity index (χ2n) is 2.97. The fraction of sp³-hybridized carbons (Fsp3) is 0.100. The molecule has 2 rings (SSSR count). The maximum atomic E-state index is 8.82. The average Bonchev–Trinajstić information content (AvgIpc) is 2.39. The molecule has 0 unspecified atom stereocenters. The number of hydrogen-bond acceptors (Lipinski definition) is 1. The topological polar surface area (TPSA) is 39.6 Å². The summed E-state index contributed by atoms with van der Waals surface area (Å²) in [4.78, 5) is 2.96. The fourth-order valence-electron chi connectivity index (χ4n) is 1.39. The molecular formula is C10H7ClN2. The van der Waals surface area contributed by atoms with Crippen LogP contribution in [-0.4, -0.2) is 4.98 Å². The van der Waals surface area contributed by atoms with Crippen molar-refractivity contribution in [2.45, 2.75) is 6.92 Å². The Morgan fingerprint density at radius 2 is 2.23 bits per heavy atom. The summed E-state index contributed by atoms with van der Waals surface area (Å²) < 4.78 is 0. The first kappa shape index (κ1) is 8.15. The summed E-state index contributed by atoms with van der Waals surface area (Å²) in [5.74, 6) is 0. The van der Waals surface area contributed by atoms with Gasteiger partial charge in [0.15, 0.2) is 0 Å². The zero-order valence-corrected chi connectivity index (χ0v) is 7.81. The summed E-state index contributed by atoms with van der Waals surface area (Å²) in [5, 5.41) is 10.1. The summed E-state index contributed by atoms with van der Waals surface area (Å²) in [6.07, 6.45) is 0. The molecule has 0 saturated heterocycles. The van der Waals surface area contributed by atoms with Gasteiger partial charge in [-0.05, 0) is 18.6 Å². The normalized spacial score (nSPS) is 10.2. The molecule has 1 aromatic heterocycles. The van der Waals surface area contributed by atoms with E-state index in [9.17, 15) is 0 Å². The van der Waals surface area contributed by atoms with Gasteiger partial charge in [-0.1, -0.05) is 23.7 Å². The molecule has 13 heavy (non-hydrogen) atoms. The van der Waals surface area contributed by atoms with Gasteiger partial charge in [0.05, 0.1) is 5.56 Å². The molecule has 64 valence electrons. The molecule has 0 amide bonds. The van der Waals surface area contributed by atoms with Gasteiger partial charge in [-0.3, -0.25) is 0 Å². The molecule has 1 aromatic carbocycles. The van der Waals surface area contributed by atoms with Gasteiger partial charge in [-0.15, -0.1) is 0 Å². The van der Waals surface area contributed by atoms with Crippen LogP contribution in [0.4, 0.5) is 0 Å². The number of aromatic amines is 1. The molecule has 0 saturated carbocycles. The van der Waals surface area contributed by atoms with Crippen molar-refractivity contribution in [3.8, 4) is 6.07 Å². The van der Waals surface area contributed by atoms with E-state index in [1.54, 1.807) is 0 Å². The van der Waals surface area contributed by atoms with Crippen LogP contribution in [-0.2, 0) is 0 Å². The van der Waals surface area contributed by atoms with E-state index in [1.165, 1.54) is 0 Å². The second kappa shape index (κ2) is 2.79. The zero-order valence-electron chi connectivity index (χ0n) is 7.06. The van der Waals surface area contributed by atoms with Gasteiger partial charge in [0.25, 0.3) is 0 Å². The molecule has 0 aliphatic carbocycles. The summed E-state index contributed by atoms with van der Waals surface area (Å²) in [6, 6.07) is 7.92. The van der Waals surface area contributed by atoms with Gasteiger partial charge < -0.3 is 4.98 Å². The van der Waals surface area contributed by atoms with E-state index >= 15 is 0 Å². The molecule has 0 fully saturated rings. The molecule has 2 aromatic rings. The minimum absolute atomic E-state index is 0.420. The van der Waals surface area contributed by atoms with Crippen LogP contribution in [0, 0.1) is 18.3 Å². The molecule has 1 heterocycles. The Hall–Kier alpha value is -1.46. The first-order chi connectivity index (χ1) is 6.22. The van der Waals surface area contributed by atoms with Crippen molar-refractivity contribution in [1.82, 2.24) is 4.98 Å². The van der Waals surface area contributed by atoms with Crippen molar-refractivity contribution >= 4 is 22.5 Å². The summed E-state index contributed by atoms with van der Waals surface area (Å²) in [5.41, 5.74) is 2.59. The molecule has 0 aliphatic heterocycles. The highest BCUT2D eigenvalue weighted by atomic mass is 35.5. The van der Waals surface area contributed by atoms with Crippen molar-refractivity contribution in [2.75, 3.05) is 0 Å². The molecular weight excluding hydrogens is 184 g/mol. The van der Waals surface area contributed by atoms with Crippen LogP contribution < -0.4 is 0 Å². The van der Waals surface area contributed by atoms with Crippen LogP contribution in [0.15, 0.2) is 18.2 Å². The van der Waals surface area contributed by atoms with Gasteiger partial charge in [0.1, 0.15) is 11.2 Å². The average molecular weight is 191 g/mol. The molecule has 0 bridgehead atoms. The lowest BCUT2D eigenvalue weighted by Crippen LogP contribution is -1.72. The monoisotopic (exact) mass is 190 g/mol. The van der Waals surface area contributed by atoms with Crippen LogP contribution in [0.25, 0.3) is 10.9 Å². The Morgan fingerprint density at radius 1 is 1.46 bits per heavy atom. The maximum absolute atomic E-state index is 8.82. The fourth-order valence-corrected chi connectivity index (χ4v) is 1.63. The Labute approximate surface area is 80.7 Å². The van der Waals surface area contributed by atoms with Gasteiger partial charge in [-0.25, -0.2) is 0 Å². The third kappa shape index (κ3) is 1.18. The number of nitrogens with zero attached hydrogens (tertiary/aromatic N) is 1. The van der Waals surface area contributed by atoms with Crippen LogP contribution in [0.1, 0.15) is 11.1 Å². The van der Waals surface area contributed by atoms with Crippen molar-refractivity contribution < 1.29 is 0 Å². The largest absolute Gasteiger partial charge is 0.344 e. The number of H-pyrrole nitrogens is 1. The number of benzene rings is 1. The second-order valence-corrected chi connectivity index (χ2v) is 3.35. The Kier molecular flexibility index (Phi) is 1.75. The lowest BCUT2D eigenvalue weighted by atomic mass is 10.1. The lowest BCUT2D eigenvalue weighted by molar-refractivity contribution is 1.43. The number of fused-ring (bicyclic) bond motifs is 1. The van der Waals surface area contributed by atoms with Crippen LogP contribution in [0.5, 0.6) is 0 Å². The highest BCUT2D eigenvalue weighted by molar-refractivity contribution is 6.32. The van der Waals surface area contributed by atoms with E-state index in [-0.39, 0.29) is 0 Å². The molecule has 1 N–H and O–H groups in total. The third-order valence-electron chi connectivity index (χ3n) is 2.02.